The predicted molar refractivity (Wildman–Crippen MR) is 133 cm³/mol. The molecular weight excluding hydrogens is 438 g/mol. The fourth-order valence-electron chi connectivity index (χ4n) is 3.36. The fraction of sp³-hybridized carbons (Fsp3) is 0.160. The molecule has 2 aromatic carbocycles. The van der Waals surface area contributed by atoms with Crippen LogP contribution < -0.4 is 10.9 Å². The van der Waals surface area contributed by atoms with Crippen molar-refractivity contribution in [1.82, 2.24) is 14.9 Å². The van der Waals surface area contributed by atoms with Crippen LogP contribution in [0.3, 0.4) is 0 Å². The van der Waals surface area contributed by atoms with Gasteiger partial charge in [-0.05, 0) is 18.1 Å². The highest BCUT2D eigenvalue weighted by atomic mass is 32.2. The maximum absolute atomic E-state index is 13.7. The Morgan fingerprint density at radius 1 is 1.19 bits per heavy atom. The highest BCUT2D eigenvalue weighted by Crippen LogP contribution is 2.33. The van der Waals surface area contributed by atoms with Crippen LogP contribution in [0.15, 0.2) is 88.6 Å². The average Bonchev–Trinajstić information content (AvgIpc) is 3.25. The Balaban J connectivity index is 1.81. The summed E-state index contributed by atoms with van der Waals surface area (Å²) in [6.45, 7) is 6.23. The molecule has 0 bridgehead atoms. The molecule has 2 heterocycles. The van der Waals surface area contributed by atoms with E-state index in [9.17, 15) is 9.59 Å². The molecule has 5 nitrogen and oxygen atoms in total. The number of hydrogen-bond acceptors (Lipinski definition) is 5. The van der Waals surface area contributed by atoms with E-state index in [1.54, 1.807) is 10.6 Å². The Kier molecular flexibility index (Phi) is 6.87. The van der Waals surface area contributed by atoms with E-state index in [4.69, 9.17) is 4.98 Å². The number of nitrogens with one attached hydrogen (secondary N) is 1. The first-order valence-electron chi connectivity index (χ1n) is 10.2. The van der Waals surface area contributed by atoms with Gasteiger partial charge in [0.05, 0.1) is 17.2 Å². The summed E-state index contributed by atoms with van der Waals surface area (Å²) < 4.78 is 1.68. The van der Waals surface area contributed by atoms with E-state index in [1.807, 2.05) is 73.0 Å². The molecule has 1 atom stereocenters. The van der Waals surface area contributed by atoms with Crippen LogP contribution in [0.1, 0.15) is 12.5 Å². The molecule has 4 rings (SSSR count). The minimum atomic E-state index is -0.408. The van der Waals surface area contributed by atoms with E-state index in [0.717, 1.165) is 16.7 Å². The summed E-state index contributed by atoms with van der Waals surface area (Å²) in [5.74, 6) is -0.119. The molecule has 0 spiro atoms. The number of benzene rings is 2. The summed E-state index contributed by atoms with van der Waals surface area (Å²) in [6, 6.07) is 19.7. The van der Waals surface area contributed by atoms with E-state index in [-0.39, 0.29) is 11.5 Å². The molecule has 4 aromatic rings. The molecule has 0 fully saturated rings. The Labute approximate surface area is 194 Å². The Hall–Kier alpha value is -3.16. The summed E-state index contributed by atoms with van der Waals surface area (Å²) in [6.07, 6.45) is 1.64. The van der Waals surface area contributed by atoms with Crippen LogP contribution in [-0.2, 0) is 11.3 Å². The summed E-state index contributed by atoms with van der Waals surface area (Å²) in [5.41, 5.74) is 2.78. The Bertz CT molecular complexity index is 1300. The summed E-state index contributed by atoms with van der Waals surface area (Å²) >= 11 is 2.74. The van der Waals surface area contributed by atoms with E-state index in [1.165, 1.54) is 23.1 Å². The van der Waals surface area contributed by atoms with Crippen LogP contribution in [-0.4, -0.2) is 27.3 Å². The van der Waals surface area contributed by atoms with Crippen LogP contribution in [0.5, 0.6) is 0 Å². The van der Waals surface area contributed by atoms with Crippen molar-refractivity contribution in [3.63, 3.8) is 0 Å². The first-order chi connectivity index (χ1) is 15.6. The maximum atomic E-state index is 13.7. The van der Waals surface area contributed by atoms with Crippen molar-refractivity contribution in [3.8, 4) is 11.1 Å². The van der Waals surface area contributed by atoms with E-state index < -0.39 is 5.25 Å². The number of thiophene rings is 1. The lowest BCUT2D eigenvalue weighted by Crippen LogP contribution is -2.32. The van der Waals surface area contributed by atoms with Crippen molar-refractivity contribution in [2.75, 3.05) is 6.54 Å². The fourth-order valence-corrected chi connectivity index (χ4v) is 5.28. The molecule has 0 aliphatic heterocycles. The molecule has 1 amide bonds. The average molecular weight is 462 g/mol. The summed E-state index contributed by atoms with van der Waals surface area (Å²) in [4.78, 5) is 31.7. The van der Waals surface area contributed by atoms with Gasteiger partial charge in [0.25, 0.3) is 5.56 Å². The number of thioether (sulfide) groups is 1. The van der Waals surface area contributed by atoms with E-state index >= 15 is 0 Å². The summed E-state index contributed by atoms with van der Waals surface area (Å²) in [5, 5.41) is 5.54. The van der Waals surface area contributed by atoms with Gasteiger partial charge in [-0.1, -0.05) is 78.5 Å². The molecule has 0 saturated heterocycles. The molecular formula is C25H23N3O2S2. The zero-order valence-corrected chi connectivity index (χ0v) is 19.3. The second kappa shape index (κ2) is 9.97. The van der Waals surface area contributed by atoms with Crippen LogP contribution >= 0.6 is 23.1 Å². The summed E-state index contributed by atoms with van der Waals surface area (Å²) in [7, 11) is 0. The van der Waals surface area contributed by atoms with Crippen LogP contribution in [0.4, 0.5) is 0 Å². The highest BCUT2D eigenvalue weighted by Gasteiger charge is 2.21. The molecule has 0 aliphatic carbocycles. The smallest absolute Gasteiger partial charge is 0.263 e. The van der Waals surface area contributed by atoms with Gasteiger partial charge < -0.3 is 5.32 Å². The molecule has 1 unspecified atom stereocenters. The van der Waals surface area contributed by atoms with Gasteiger partial charge in [-0.2, -0.15) is 0 Å². The minimum absolute atomic E-state index is 0.0971. The predicted octanol–water partition coefficient (Wildman–Crippen LogP) is 4.96. The SMILES string of the molecule is C=CCNC(=O)C(C)Sc1nc2scc(-c3ccccc3)c2c(=O)n1Cc1ccccc1. The van der Waals surface area contributed by atoms with Crippen molar-refractivity contribution >= 4 is 39.2 Å². The second-order valence-electron chi connectivity index (χ2n) is 7.26. The topological polar surface area (TPSA) is 64.0 Å². The largest absolute Gasteiger partial charge is 0.352 e. The second-order valence-corrected chi connectivity index (χ2v) is 9.43. The zero-order chi connectivity index (χ0) is 22.5. The Morgan fingerprint density at radius 3 is 2.56 bits per heavy atom. The third-order valence-corrected chi connectivity index (χ3v) is 6.96. The number of aromatic nitrogens is 2. The molecule has 0 radical (unpaired) electrons. The lowest BCUT2D eigenvalue weighted by Gasteiger charge is -2.16. The van der Waals surface area contributed by atoms with Crippen molar-refractivity contribution < 1.29 is 4.79 Å². The quantitative estimate of drug-likeness (QED) is 0.229. The zero-order valence-electron chi connectivity index (χ0n) is 17.7. The van der Waals surface area contributed by atoms with Crippen LogP contribution in [0.2, 0.25) is 0 Å². The van der Waals surface area contributed by atoms with Crippen molar-refractivity contribution in [2.45, 2.75) is 23.9 Å². The molecule has 1 N–H and O–H groups in total. The lowest BCUT2D eigenvalue weighted by molar-refractivity contribution is -0.120. The first kappa shape index (κ1) is 22.0. The van der Waals surface area contributed by atoms with E-state index in [0.29, 0.717) is 28.5 Å². The van der Waals surface area contributed by atoms with Crippen molar-refractivity contribution in [2.24, 2.45) is 0 Å². The first-order valence-corrected chi connectivity index (χ1v) is 12.0. The normalized spacial score (nSPS) is 11.9. The van der Waals surface area contributed by atoms with Gasteiger partial charge in [-0.3, -0.25) is 14.2 Å². The molecule has 0 saturated carbocycles. The van der Waals surface area contributed by atoms with E-state index in [2.05, 4.69) is 11.9 Å². The third-order valence-electron chi connectivity index (χ3n) is 5.00. The molecule has 162 valence electrons. The monoisotopic (exact) mass is 461 g/mol. The minimum Gasteiger partial charge on any atom is -0.352 e. The molecule has 0 aliphatic rings. The van der Waals surface area contributed by atoms with Gasteiger partial charge in [0.2, 0.25) is 5.91 Å². The lowest BCUT2D eigenvalue weighted by atomic mass is 10.1. The maximum Gasteiger partial charge on any atom is 0.263 e. The molecule has 7 heteroatoms. The number of fused-ring (bicyclic) bond motifs is 1. The van der Waals surface area contributed by atoms with Crippen molar-refractivity contribution in [1.29, 1.82) is 0 Å². The molecule has 2 aromatic heterocycles. The number of rotatable bonds is 8. The third kappa shape index (κ3) is 4.69. The number of hydrogen-bond donors (Lipinski definition) is 1. The molecule has 32 heavy (non-hydrogen) atoms. The van der Waals surface area contributed by atoms with Gasteiger partial charge in [-0.15, -0.1) is 17.9 Å². The number of nitrogens with zero attached hydrogens (tertiary/aromatic N) is 2. The van der Waals surface area contributed by atoms with Crippen molar-refractivity contribution in [3.05, 3.63) is 94.6 Å². The standard InChI is InChI=1S/C25H23N3O2S2/c1-3-14-26-22(29)17(2)32-25-27-23-21(20(16-31-23)19-12-8-5-9-13-19)24(30)28(25)15-18-10-6-4-7-11-18/h3-13,16-17H,1,14-15H2,2H3,(H,26,29). The van der Waals surface area contributed by atoms with Gasteiger partial charge >= 0.3 is 0 Å². The van der Waals surface area contributed by atoms with Crippen LogP contribution in [0, 0.1) is 0 Å². The van der Waals surface area contributed by atoms with Crippen LogP contribution in [0.25, 0.3) is 21.3 Å². The highest BCUT2D eigenvalue weighted by molar-refractivity contribution is 8.00. The van der Waals surface area contributed by atoms with Gasteiger partial charge in [-0.25, -0.2) is 4.98 Å². The number of carbonyl (C=O) groups excluding carboxylic acids is 1. The van der Waals surface area contributed by atoms with Gasteiger partial charge in [0.15, 0.2) is 5.16 Å². The Morgan fingerprint density at radius 2 is 1.88 bits per heavy atom. The van der Waals surface area contributed by atoms with Gasteiger partial charge in [0, 0.05) is 17.5 Å². The number of carbonyl (C=O) groups is 1. The van der Waals surface area contributed by atoms with Gasteiger partial charge in [0.1, 0.15) is 4.83 Å². The number of amides is 1.